The zero-order chi connectivity index (χ0) is 71.4. The summed E-state index contributed by atoms with van der Waals surface area (Å²) in [7, 11) is 0. The van der Waals surface area contributed by atoms with Gasteiger partial charge in [-0.2, -0.15) is 0 Å². The van der Waals surface area contributed by atoms with Crippen molar-refractivity contribution in [1.82, 2.24) is 19.5 Å². The van der Waals surface area contributed by atoms with Crippen molar-refractivity contribution in [1.29, 1.82) is 0 Å². The van der Waals surface area contributed by atoms with Crippen molar-refractivity contribution in [2.45, 2.75) is 0 Å². The molecule has 18 aromatic rings. The van der Waals surface area contributed by atoms with Gasteiger partial charge in [-0.1, -0.05) is 255 Å². The summed E-state index contributed by atoms with van der Waals surface area (Å²) < 4.78 is 2.47. The molecule has 4 heterocycles. The number of benzene rings is 16. The Bertz CT molecular complexity index is 5990. The quantitative estimate of drug-likeness (QED) is 0.0948. The van der Waals surface area contributed by atoms with Crippen LogP contribution in [0.5, 0.6) is 0 Å². The maximum atomic E-state index is 5.54. The molecule has 0 fully saturated rings. The van der Waals surface area contributed by atoms with Gasteiger partial charge in [0, 0.05) is 101 Å². The summed E-state index contributed by atoms with van der Waals surface area (Å²) in [5.74, 6) is 1.71. The van der Waals surface area contributed by atoms with Gasteiger partial charge >= 0.3 is 0 Å². The number of nitrogens with zero attached hydrogens (tertiary/aromatic N) is 8. The highest BCUT2D eigenvalue weighted by Gasteiger charge is 2.43. The zero-order valence-corrected chi connectivity index (χ0v) is 58.8. The molecule has 108 heavy (non-hydrogen) atoms. The van der Waals surface area contributed by atoms with Gasteiger partial charge in [0.25, 0.3) is 6.71 Å². The fourth-order valence-electron chi connectivity index (χ4n) is 16.4. The third kappa shape index (κ3) is 11.2. The average molecular weight is 1380 g/mol. The highest BCUT2D eigenvalue weighted by molar-refractivity contribution is 7.00. The van der Waals surface area contributed by atoms with Crippen LogP contribution < -0.4 is 36.0 Å². The third-order valence-corrected chi connectivity index (χ3v) is 21.1. The third-order valence-electron chi connectivity index (χ3n) is 21.1. The van der Waals surface area contributed by atoms with Gasteiger partial charge in [0.1, 0.15) is 0 Å². The number of rotatable bonds is 15. The molecule has 0 saturated heterocycles. The Balaban J connectivity index is 0.812. The van der Waals surface area contributed by atoms with E-state index in [0.29, 0.717) is 17.5 Å². The molecule has 2 aromatic heterocycles. The van der Waals surface area contributed by atoms with Gasteiger partial charge in [-0.15, -0.1) is 0 Å². The minimum absolute atomic E-state index is 0.00235. The average Bonchev–Trinajstić information content (AvgIpc) is 0.731. The molecule has 506 valence electrons. The van der Waals surface area contributed by atoms with Gasteiger partial charge in [-0.05, 0) is 196 Å². The molecule has 8 nitrogen and oxygen atoms in total. The van der Waals surface area contributed by atoms with Crippen molar-refractivity contribution in [3.63, 3.8) is 0 Å². The van der Waals surface area contributed by atoms with Crippen molar-refractivity contribution >= 4 is 113 Å². The minimum atomic E-state index is 0.00235. The molecule has 16 aromatic carbocycles. The molecule has 2 aliphatic heterocycles. The standard InChI is InChI=1S/C99H67BN8/c1-9-32-68(33-10-1)97-101-98(69-34-11-2-12-35-69)103-99(102-97)84-53-31-52-83(96(84)108-89-60-58-81(104(75-40-13-3-14-41-75)76-42-15-4-16-43-76)66-85(89)86-67-82(59-61-90(86)108)105(77-44-17-5-18-45-77)78-46-19-6-20-47-78)73-39-30-37-71(63-73)70-36-29-38-72(62-70)74-64-93-95-94(65-74)107(80-50-23-8-24-51-80)92-57-28-26-55-88(92)100(95)87-54-25-27-56-91(87)106(93)79-48-21-7-22-49-79/h1-67H. The zero-order valence-electron chi connectivity index (χ0n) is 58.8. The number of hydrogen-bond donors (Lipinski definition) is 0. The predicted octanol–water partition coefficient (Wildman–Crippen LogP) is 24.0. The highest BCUT2D eigenvalue weighted by Crippen LogP contribution is 2.50. The van der Waals surface area contributed by atoms with E-state index in [-0.39, 0.29) is 6.71 Å². The molecule has 0 amide bonds. The van der Waals surface area contributed by atoms with E-state index in [4.69, 9.17) is 15.0 Å². The van der Waals surface area contributed by atoms with Crippen LogP contribution in [-0.4, -0.2) is 26.2 Å². The van der Waals surface area contributed by atoms with Crippen LogP contribution in [0.25, 0.3) is 95.0 Å². The topological polar surface area (TPSA) is 56.6 Å². The van der Waals surface area contributed by atoms with Gasteiger partial charge < -0.3 is 24.2 Å². The summed E-state index contributed by atoms with van der Waals surface area (Å²) in [5.41, 5.74) is 28.9. The van der Waals surface area contributed by atoms with Crippen molar-refractivity contribution in [2.24, 2.45) is 0 Å². The first-order chi connectivity index (χ1) is 53.6. The Hall–Kier alpha value is -14.4. The van der Waals surface area contributed by atoms with E-state index in [9.17, 15) is 0 Å². The Morgan fingerprint density at radius 2 is 0.574 bits per heavy atom. The first-order valence-corrected chi connectivity index (χ1v) is 36.8. The van der Waals surface area contributed by atoms with Crippen LogP contribution in [-0.2, 0) is 0 Å². The van der Waals surface area contributed by atoms with Crippen LogP contribution >= 0.6 is 0 Å². The smallest absolute Gasteiger partial charge is 0.252 e. The molecule has 0 aliphatic carbocycles. The number of hydrogen-bond acceptors (Lipinski definition) is 7. The molecule has 9 heteroatoms. The van der Waals surface area contributed by atoms with Crippen molar-refractivity contribution < 1.29 is 0 Å². The van der Waals surface area contributed by atoms with Crippen molar-refractivity contribution in [2.75, 3.05) is 19.6 Å². The Morgan fingerprint density at radius 1 is 0.231 bits per heavy atom. The van der Waals surface area contributed by atoms with E-state index in [1.54, 1.807) is 0 Å². The second kappa shape index (κ2) is 27.0. The van der Waals surface area contributed by atoms with E-state index < -0.39 is 0 Å². The molecule has 0 N–H and O–H groups in total. The maximum Gasteiger partial charge on any atom is 0.252 e. The van der Waals surface area contributed by atoms with E-state index in [1.165, 1.54) is 27.8 Å². The molecule has 0 radical (unpaired) electrons. The summed E-state index contributed by atoms with van der Waals surface area (Å²) >= 11 is 0. The highest BCUT2D eigenvalue weighted by atomic mass is 15.2. The van der Waals surface area contributed by atoms with E-state index in [0.717, 1.165) is 134 Å². The lowest BCUT2D eigenvalue weighted by Crippen LogP contribution is -2.61. The SMILES string of the molecule is c1ccc(-c2nc(-c3ccccc3)nc(-c3cccc(-c4cccc(-c5cccc(-c6cc7c8c(c6)N(c6ccccc6)c6ccccc6B8c6ccccc6N7c6ccccc6)c5)c4)c3-n3c4ccc(N(c5ccccc5)c5ccccc5)cc4c4cc(N(c5ccccc5)c5ccccc5)ccc43)n2)cc1. The van der Waals surface area contributed by atoms with Crippen molar-refractivity contribution in [3.8, 4) is 73.2 Å². The maximum absolute atomic E-state index is 5.54. The second-order valence-electron chi connectivity index (χ2n) is 27.5. The Morgan fingerprint density at radius 3 is 1.02 bits per heavy atom. The van der Waals surface area contributed by atoms with Crippen LogP contribution in [0.2, 0.25) is 0 Å². The van der Waals surface area contributed by atoms with Gasteiger partial charge in [0.05, 0.1) is 16.7 Å². The lowest BCUT2D eigenvalue weighted by Gasteiger charge is -2.44. The Labute approximate surface area is 628 Å². The summed E-state index contributed by atoms with van der Waals surface area (Å²) in [5, 5.41) is 2.14. The van der Waals surface area contributed by atoms with Crippen LogP contribution in [0.15, 0.2) is 406 Å². The molecular weight excluding hydrogens is 1310 g/mol. The first kappa shape index (κ1) is 63.3. The van der Waals surface area contributed by atoms with Crippen LogP contribution in [0.1, 0.15) is 0 Å². The first-order valence-electron chi connectivity index (χ1n) is 36.8. The van der Waals surface area contributed by atoms with Crippen LogP contribution in [0.3, 0.4) is 0 Å². The van der Waals surface area contributed by atoms with Gasteiger partial charge in [0.15, 0.2) is 17.5 Å². The molecule has 0 bridgehead atoms. The number of fused-ring (bicyclic) bond motifs is 7. The molecular formula is C99H67BN8. The van der Waals surface area contributed by atoms with E-state index >= 15 is 0 Å². The number of para-hydroxylation sites is 9. The summed E-state index contributed by atoms with van der Waals surface area (Å²) in [6, 6.07) is 146. The predicted molar refractivity (Wildman–Crippen MR) is 450 cm³/mol. The molecule has 0 spiro atoms. The second-order valence-corrected chi connectivity index (χ2v) is 27.5. The normalized spacial score (nSPS) is 12.0. The van der Waals surface area contributed by atoms with Gasteiger partial charge in [0.2, 0.25) is 0 Å². The fourth-order valence-corrected chi connectivity index (χ4v) is 16.4. The van der Waals surface area contributed by atoms with Crippen LogP contribution in [0, 0.1) is 0 Å². The molecule has 20 rings (SSSR count). The minimum Gasteiger partial charge on any atom is -0.311 e. The lowest BCUT2D eigenvalue weighted by molar-refractivity contribution is 1.06. The summed E-state index contributed by atoms with van der Waals surface area (Å²) in [6.07, 6.45) is 0. The van der Waals surface area contributed by atoms with Gasteiger partial charge in [-0.3, -0.25) is 0 Å². The Kier molecular flexibility index (Phi) is 15.8. The lowest BCUT2D eigenvalue weighted by atomic mass is 9.33. The van der Waals surface area contributed by atoms with Gasteiger partial charge in [-0.25, -0.2) is 15.0 Å². The van der Waals surface area contributed by atoms with E-state index in [2.05, 4.69) is 394 Å². The fraction of sp³-hybridized carbons (Fsp3) is 0. The molecule has 0 atom stereocenters. The molecule has 0 saturated carbocycles. The summed E-state index contributed by atoms with van der Waals surface area (Å²) in [4.78, 5) is 26.0. The largest absolute Gasteiger partial charge is 0.311 e. The number of anilines is 12. The summed E-state index contributed by atoms with van der Waals surface area (Å²) in [6.45, 7) is 0.00235. The monoisotopic (exact) mass is 1380 g/mol. The van der Waals surface area contributed by atoms with E-state index in [1.807, 2.05) is 36.4 Å². The molecule has 2 aliphatic rings. The number of aromatic nitrogens is 4. The molecule has 0 unspecified atom stereocenters. The van der Waals surface area contributed by atoms with Crippen molar-refractivity contribution in [3.05, 3.63) is 406 Å². The van der Waals surface area contributed by atoms with Crippen LogP contribution in [0.4, 0.5) is 68.2 Å².